The standard InChI is InChI=1S/C28H37N3O/c1-27(16-17-30(3)4)20(14-18-32)9-10-21-22-11-12-26(28(22,2)15-13-23(21)27)31-19-29-24-7-5-6-8-25(24)31/h5-8,12,14,18-19,21-23H,9-11,13,15-17H2,1-4H3/b20-14-. The number of hydrogen-bond acceptors (Lipinski definition) is 3. The molecule has 5 rings (SSSR count). The Kier molecular flexibility index (Phi) is 5.40. The molecule has 170 valence electrons. The lowest BCUT2D eigenvalue weighted by Crippen LogP contribution is -2.49. The van der Waals surface area contributed by atoms with Gasteiger partial charge in [0.1, 0.15) is 12.6 Å². The van der Waals surface area contributed by atoms with E-state index in [4.69, 9.17) is 0 Å². The van der Waals surface area contributed by atoms with Crippen LogP contribution in [0.3, 0.4) is 0 Å². The van der Waals surface area contributed by atoms with Gasteiger partial charge in [-0.3, -0.25) is 4.79 Å². The van der Waals surface area contributed by atoms with Crippen molar-refractivity contribution in [3.05, 3.63) is 48.3 Å². The summed E-state index contributed by atoms with van der Waals surface area (Å²) in [6.45, 7) is 6.04. The minimum atomic E-state index is 0.125. The van der Waals surface area contributed by atoms with Crippen LogP contribution >= 0.6 is 0 Å². The molecule has 3 aliphatic rings. The number of rotatable bonds is 5. The average molecular weight is 432 g/mol. The molecule has 2 saturated carbocycles. The maximum Gasteiger partial charge on any atom is 0.142 e. The third-order valence-corrected chi connectivity index (χ3v) is 9.34. The molecule has 0 radical (unpaired) electrons. The van der Waals surface area contributed by atoms with Gasteiger partial charge < -0.3 is 9.47 Å². The summed E-state index contributed by atoms with van der Waals surface area (Å²) in [7, 11) is 4.32. The van der Waals surface area contributed by atoms with Crippen molar-refractivity contribution in [2.75, 3.05) is 20.6 Å². The van der Waals surface area contributed by atoms with E-state index in [2.05, 4.69) is 72.7 Å². The molecule has 2 aromatic rings. The molecule has 1 aromatic heterocycles. The van der Waals surface area contributed by atoms with Crippen molar-refractivity contribution in [3.63, 3.8) is 0 Å². The SMILES string of the molecule is CN(C)CCC1(C)/C(=C\C=O)CCC2C3CC=C(n4cnc5ccccc54)C3(C)CCC21. The smallest absolute Gasteiger partial charge is 0.142 e. The number of aromatic nitrogens is 2. The zero-order chi connectivity index (χ0) is 22.5. The molecule has 3 aliphatic carbocycles. The van der Waals surface area contributed by atoms with Crippen LogP contribution in [-0.4, -0.2) is 41.4 Å². The monoisotopic (exact) mass is 431 g/mol. The van der Waals surface area contributed by atoms with Crippen LogP contribution in [0.25, 0.3) is 16.7 Å². The first-order chi connectivity index (χ1) is 15.4. The fourth-order valence-electron chi connectivity index (χ4n) is 7.55. The molecule has 4 heteroatoms. The molecule has 0 aliphatic heterocycles. The maximum absolute atomic E-state index is 11.5. The lowest BCUT2D eigenvalue weighted by atomic mass is 9.48. The highest BCUT2D eigenvalue weighted by molar-refractivity contribution is 5.80. The second kappa shape index (κ2) is 7.98. The third-order valence-electron chi connectivity index (χ3n) is 9.34. The Balaban J connectivity index is 1.48. The van der Waals surface area contributed by atoms with E-state index in [0.717, 1.165) is 37.6 Å². The lowest BCUT2D eigenvalue weighted by molar-refractivity contribution is -0.104. The van der Waals surface area contributed by atoms with Crippen molar-refractivity contribution >= 4 is 23.0 Å². The van der Waals surface area contributed by atoms with Gasteiger partial charge in [0.05, 0.1) is 11.0 Å². The van der Waals surface area contributed by atoms with E-state index < -0.39 is 0 Å². The molecule has 2 fully saturated rings. The lowest BCUT2D eigenvalue weighted by Gasteiger charge is -2.57. The van der Waals surface area contributed by atoms with Crippen LogP contribution in [0.1, 0.15) is 52.4 Å². The summed E-state index contributed by atoms with van der Waals surface area (Å²) >= 11 is 0. The maximum atomic E-state index is 11.5. The molecular formula is C28H37N3O. The van der Waals surface area contributed by atoms with Crippen LogP contribution in [-0.2, 0) is 4.79 Å². The molecule has 0 spiro atoms. The Hall–Kier alpha value is -2.20. The number of aldehydes is 1. The zero-order valence-corrected chi connectivity index (χ0v) is 20.1. The fourth-order valence-corrected chi connectivity index (χ4v) is 7.55. The number of benzene rings is 1. The van der Waals surface area contributed by atoms with Gasteiger partial charge in [-0.1, -0.05) is 37.6 Å². The number of para-hydroxylation sites is 2. The number of carbonyl (C=O) groups is 1. The second-order valence-electron chi connectivity index (χ2n) is 11.1. The Labute approximate surface area is 192 Å². The minimum absolute atomic E-state index is 0.125. The van der Waals surface area contributed by atoms with Crippen molar-refractivity contribution in [2.24, 2.45) is 28.6 Å². The molecule has 32 heavy (non-hydrogen) atoms. The molecule has 1 heterocycles. The van der Waals surface area contributed by atoms with E-state index in [1.165, 1.54) is 36.0 Å². The Morgan fingerprint density at radius 2 is 2.00 bits per heavy atom. The van der Waals surface area contributed by atoms with Crippen LogP contribution in [0.15, 0.2) is 48.3 Å². The predicted molar refractivity (Wildman–Crippen MR) is 131 cm³/mol. The van der Waals surface area contributed by atoms with Crippen LogP contribution < -0.4 is 0 Å². The predicted octanol–water partition coefficient (Wildman–Crippen LogP) is 5.81. The number of imidazole rings is 1. The average Bonchev–Trinajstić information content (AvgIpc) is 3.35. The van der Waals surface area contributed by atoms with Crippen molar-refractivity contribution in [1.29, 1.82) is 0 Å². The van der Waals surface area contributed by atoms with Gasteiger partial charge >= 0.3 is 0 Å². The number of hydrogen-bond donors (Lipinski definition) is 0. The summed E-state index contributed by atoms with van der Waals surface area (Å²) < 4.78 is 2.36. The van der Waals surface area contributed by atoms with E-state index in [0.29, 0.717) is 17.8 Å². The number of fused-ring (bicyclic) bond motifs is 4. The Morgan fingerprint density at radius 1 is 1.19 bits per heavy atom. The van der Waals surface area contributed by atoms with Gasteiger partial charge in [-0.05, 0) is 101 Å². The van der Waals surface area contributed by atoms with Crippen molar-refractivity contribution in [1.82, 2.24) is 14.5 Å². The number of nitrogens with zero attached hydrogens (tertiary/aromatic N) is 3. The second-order valence-corrected chi connectivity index (χ2v) is 11.1. The van der Waals surface area contributed by atoms with Gasteiger partial charge in [-0.25, -0.2) is 4.98 Å². The number of carbonyl (C=O) groups excluding carboxylic acids is 1. The van der Waals surface area contributed by atoms with E-state index >= 15 is 0 Å². The molecule has 0 amide bonds. The van der Waals surface area contributed by atoms with Crippen LogP contribution in [0.5, 0.6) is 0 Å². The Bertz CT molecular complexity index is 1080. The molecule has 4 nitrogen and oxygen atoms in total. The summed E-state index contributed by atoms with van der Waals surface area (Å²) in [6.07, 6.45) is 14.5. The topological polar surface area (TPSA) is 38.1 Å². The van der Waals surface area contributed by atoms with E-state index in [9.17, 15) is 4.79 Å². The highest BCUT2D eigenvalue weighted by Gasteiger charge is 2.56. The normalized spacial score (nSPS) is 35.7. The molecule has 1 aromatic carbocycles. The molecule has 0 saturated heterocycles. The van der Waals surface area contributed by atoms with Gasteiger partial charge in [0.15, 0.2) is 0 Å². The summed E-state index contributed by atoms with van der Waals surface area (Å²) in [4.78, 5) is 18.4. The highest BCUT2D eigenvalue weighted by Crippen LogP contribution is 2.65. The van der Waals surface area contributed by atoms with Crippen LogP contribution in [0.2, 0.25) is 0 Å². The first-order valence-corrected chi connectivity index (χ1v) is 12.3. The molecule has 0 bridgehead atoms. The fraction of sp³-hybridized carbons (Fsp3) is 0.571. The van der Waals surface area contributed by atoms with Crippen LogP contribution in [0, 0.1) is 28.6 Å². The molecular weight excluding hydrogens is 394 g/mol. The summed E-state index contributed by atoms with van der Waals surface area (Å²) in [6, 6.07) is 8.49. The minimum Gasteiger partial charge on any atom is -0.309 e. The molecule has 5 unspecified atom stereocenters. The van der Waals surface area contributed by atoms with E-state index in [1.807, 2.05) is 12.4 Å². The van der Waals surface area contributed by atoms with Gasteiger partial charge in [-0.2, -0.15) is 0 Å². The summed E-state index contributed by atoms with van der Waals surface area (Å²) in [5.74, 6) is 2.05. The van der Waals surface area contributed by atoms with Crippen molar-refractivity contribution < 1.29 is 4.79 Å². The quantitative estimate of drug-likeness (QED) is 0.443. The Morgan fingerprint density at radius 3 is 2.78 bits per heavy atom. The van der Waals surface area contributed by atoms with Crippen molar-refractivity contribution in [3.8, 4) is 0 Å². The van der Waals surface area contributed by atoms with Crippen molar-refractivity contribution in [2.45, 2.75) is 52.4 Å². The van der Waals surface area contributed by atoms with Gasteiger partial charge in [-0.15, -0.1) is 0 Å². The third kappa shape index (κ3) is 3.22. The molecule has 0 N–H and O–H groups in total. The van der Waals surface area contributed by atoms with E-state index in [1.54, 1.807) is 0 Å². The molecule has 5 atom stereocenters. The van der Waals surface area contributed by atoms with Gasteiger partial charge in [0.2, 0.25) is 0 Å². The van der Waals surface area contributed by atoms with Gasteiger partial charge in [0.25, 0.3) is 0 Å². The van der Waals surface area contributed by atoms with Crippen LogP contribution in [0.4, 0.5) is 0 Å². The zero-order valence-electron chi connectivity index (χ0n) is 20.1. The van der Waals surface area contributed by atoms with E-state index in [-0.39, 0.29) is 10.8 Å². The summed E-state index contributed by atoms with van der Waals surface area (Å²) in [5, 5.41) is 0. The largest absolute Gasteiger partial charge is 0.309 e. The number of allylic oxidation sites excluding steroid dienone is 4. The highest BCUT2D eigenvalue weighted by atomic mass is 16.1. The van der Waals surface area contributed by atoms with Gasteiger partial charge in [0, 0.05) is 11.1 Å². The summed E-state index contributed by atoms with van der Waals surface area (Å²) in [5.41, 5.74) is 5.47. The first-order valence-electron chi connectivity index (χ1n) is 12.3. The first kappa shape index (κ1) is 21.6.